The molecule has 33 heavy (non-hydrogen) atoms. The Labute approximate surface area is 191 Å². The largest absolute Gasteiger partial charge is 0.497 e. The van der Waals surface area contributed by atoms with Gasteiger partial charge in [-0.25, -0.2) is 4.98 Å². The fourth-order valence-electron chi connectivity index (χ4n) is 4.50. The standard InChI is InChI=1S/C24H26N6O3/c1-14-13-19(20-15(2)27-29(3)22(20)25-14)24(31)30-11-9-17(10-12-30)23-26-21(28-33-23)16-5-7-18(32-4)8-6-16/h5-8,13,17H,9-12H2,1-4H3. The van der Waals surface area contributed by atoms with E-state index >= 15 is 0 Å². The normalized spacial score (nSPS) is 14.7. The minimum absolute atomic E-state index is 0.0181. The van der Waals surface area contributed by atoms with Crippen molar-refractivity contribution in [2.45, 2.75) is 32.6 Å². The van der Waals surface area contributed by atoms with Crippen LogP contribution in [0.2, 0.25) is 0 Å². The molecule has 9 nitrogen and oxygen atoms in total. The zero-order valence-electron chi connectivity index (χ0n) is 19.2. The Kier molecular flexibility index (Phi) is 5.32. The van der Waals surface area contributed by atoms with Crippen molar-refractivity contribution in [3.05, 3.63) is 53.2 Å². The van der Waals surface area contributed by atoms with Crippen LogP contribution in [0, 0.1) is 13.8 Å². The average molecular weight is 447 g/mol. The van der Waals surface area contributed by atoms with E-state index in [-0.39, 0.29) is 11.8 Å². The van der Waals surface area contributed by atoms with Crippen molar-refractivity contribution in [2.75, 3.05) is 20.2 Å². The van der Waals surface area contributed by atoms with Crippen LogP contribution < -0.4 is 4.74 Å². The highest BCUT2D eigenvalue weighted by atomic mass is 16.5. The van der Waals surface area contributed by atoms with Crippen molar-refractivity contribution in [3.8, 4) is 17.1 Å². The molecule has 0 saturated carbocycles. The van der Waals surface area contributed by atoms with Gasteiger partial charge in [-0.05, 0) is 57.0 Å². The van der Waals surface area contributed by atoms with Gasteiger partial charge in [0.05, 0.1) is 23.8 Å². The number of ether oxygens (including phenoxy) is 1. The van der Waals surface area contributed by atoms with E-state index < -0.39 is 0 Å². The molecule has 1 fully saturated rings. The van der Waals surface area contributed by atoms with Gasteiger partial charge in [0.1, 0.15) is 5.75 Å². The summed E-state index contributed by atoms with van der Waals surface area (Å²) in [7, 11) is 3.49. The molecule has 0 atom stereocenters. The highest BCUT2D eigenvalue weighted by molar-refractivity contribution is 6.06. The molecule has 0 unspecified atom stereocenters. The molecule has 0 N–H and O–H groups in total. The quantitative estimate of drug-likeness (QED) is 0.472. The number of hydrogen-bond acceptors (Lipinski definition) is 7. The lowest BCUT2D eigenvalue weighted by molar-refractivity contribution is 0.0706. The van der Waals surface area contributed by atoms with Crippen LogP contribution in [0.1, 0.15) is 46.4 Å². The second-order valence-corrected chi connectivity index (χ2v) is 8.47. The van der Waals surface area contributed by atoms with Gasteiger partial charge in [-0.3, -0.25) is 9.48 Å². The summed E-state index contributed by atoms with van der Waals surface area (Å²) < 4.78 is 12.5. The van der Waals surface area contributed by atoms with E-state index in [0.29, 0.717) is 30.4 Å². The van der Waals surface area contributed by atoms with Crippen LogP contribution in [-0.4, -0.2) is 55.9 Å². The van der Waals surface area contributed by atoms with Gasteiger partial charge >= 0.3 is 0 Å². The number of likely N-dealkylation sites (tertiary alicyclic amines) is 1. The molecule has 3 aromatic heterocycles. The second-order valence-electron chi connectivity index (χ2n) is 8.47. The van der Waals surface area contributed by atoms with Gasteiger partial charge in [0.2, 0.25) is 11.7 Å². The van der Waals surface area contributed by atoms with Crippen LogP contribution in [0.3, 0.4) is 0 Å². The number of carbonyl (C=O) groups is 1. The van der Waals surface area contributed by atoms with E-state index in [0.717, 1.165) is 46.6 Å². The van der Waals surface area contributed by atoms with Crippen LogP contribution in [0.15, 0.2) is 34.9 Å². The Morgan fingerprint density at radius 2 is 1.85 bits per heavy atom. The zero-order valence-corrected chi connectivity index (χ0v) is 19.2. The van der Waals surface area contributed by atoms with Crippen LogP contribution in [0.5, 0.6) is 5.75 Å². The Morgan fingerprint density at radius 1 is 1.12 bits per heavy atom. The molecule has 0 bridgehead atoms. The summed E-state index contributed by atoms with van der Waals surface area (Å²) in [6.07, 6.45) is 1.55. The molecule has 9 heteroatoms. The number of nitrogens with zero attached hydrogens (tertiary/aromatic N) is 6. The first-order chi connectivity index (χ1) is 15.9. The molecule has 1 aliphatic heterocycles. The van der Waals surface area contributed by atoms with E-state index in [1.54, 1.807) is 11.8 Å². The monoisotopic (exact) mass is 446 g/mol. The Morgan fingerprint density at radius 3 is 2.55 bits per heavy atom. The number of amides is 1. The number of pyridine rings is 1. The maximum atomic E-state index is 13.4. The molecule has 1 saturated heterocycles. The first-order valence-corrected chi connectivity index (χ1v) is 11.0. The van der Waals surface area contributed by atoms with Gasteiger partial charge in [-0.2, -0.15) is 10.1 Å². The van der Waals surface area contributed by atoms with Crippen molar-refractivity contribution in [2.24, 2.45) is 7.05 Å². The van der Waals surface area contributed by atoms with Gasteiger partial charge in [0, 0.05) is 37.3 Å². The van der Waals surface area contributed by atoms with Gasteiger partial charge in [0.15, 0.2) is 5.65 Å². The molecular weight excluding hydrogens is 420 g/mol. The van der Waals surface area contributed by atoms with Crippen LogP contribution >= 0.6 is 0 Å². The number of piperidine rings is 1. The Hall–Kier alpha value is -3.75. The van der Waals surface area contributed by atoms with Crippen molar-refractivity contribution in [3.63, 3.8) is 0 Å². The zero-order chi connectivity index (χ0) is 23.1. The lowest BCUT2D eigenvalue weighted by Crippen LogP contribution is -2.38. The summed E-state index contributed by atoms with van der Waals surface area (Å²) in [5.41, 5.74) is 3.90. The summed E-state index contributed by atoms with van der Waals surface area (Å²) in [6, 6.07) is 9.43. The number of rotatable bonds is 4. The number of carbonyl (C=O) groups excluding carboxylic acids is 1. The fraction of sp³-hybridized carbons (Fsp3) is 0.375. The number of aryl methyl sites for hydroxylation is 3. The van der Waals surface area contributed by atoms with E-state index in [2.05, 4.69) is 20.2 Å². The van der Waals surface area contributed by atoms with Gasteiger partial charge < -0.3 is 14.2 Å². The number of aromatic nitrogens is 5. The number of benzene rings is 1. The topological polar surface area (TPSA) is 99.2 Å². The van der Waals surface area contributed by atoms with E-state index in [1.807, 2.05) is 56.1 Å². The summed E-state index contributed by atoms with van der Waals surface area (Å²) >= 11 is 0. The summed E-state index contributed by atoms with van der Waals surface area (Å²) in [6.45, 7) is 5.08. The highest BCUT2D eigenvalue weighted by Gasteiger charge is 2.30. The molecule has 1 amide bonds. The predicted molar refractivity (Wildman–Crippen MR) is 122 cm³/mol. The third-order valence-electron chi connectivity index (χ3n) is 6.25. The number of methoxy groups -OCH3 is 1. The van der Waals surface area contributed by atoms with Crippen molar-refractivity contribution in [1.82, 2.24) is 29.8 Å². The predicted octanol–water partition coefficient (Wildman–Crippen LogP) is 3.66. The van der Waals surface area contributed by atoms with Crippen molar-refractivity contribution < 1.29 is 14.1 Å². The van der Waals surface area contributed by atoms with Crippen LogP contribution in [0.4, 0.5) is 0 Å². The molecule has 5 rings (SSSR count). The fourth-order valence-corrected chi connectivity index (χ4v) is 4.50. The number of fused-ring (bicyclic) bond motifs is 1. The van der Waals surface area contributed by atoms with E-state index in [9.17, 15) is 4.79 Å². The molecule has 170 valence electrons. The third kappa shape index (κ3) is 3.83. The Bertz CT molecular complexity index is 1320. The smallest absolute Gasteiger partial charge is 0.254 e. The van der Waals surface area contributed by atoms with Crippen molar-refractivity contribution >= 4 is 16.9 Å². The second kappa shape index (κ2) is 8.31. The molecule has 0 radical (unpaired) electrons. The van der Waals surface area contributed by atoms with Gasteiger partial charge in [-0.15, -0.1) is 0 Å². The Balaban J connectivity index is 1.30. The molecule has 0 spiro atoms. The lowest BCUT2D eigenvalue weighted by Gasteiger charge is -2.30. The van der Waals surface area contributed by atoms with Crippen LogP contribution in [-0.2, 0) is 7.05 Å². The molecule has 1 aliphatic rings. The summed E-state index contributed by atoms with van der Waals surface area (Å²) in [5.74, 6) is 2.12. The van der Waals surface area contributed by atoms with Crippen molar-refractivity contribution in [1.29, 1.82) is 0 Å². The molecular formula is C24H26N6O3. The minimum atomic E-state index is 0.0181. The first kappa shape index (κ1) is 21.1. The lowest BCUT2D eigenvalue weighted by atomic mass is 9.96. The number of hydrogen-bond donors (Lipinski definition) is 0. The molecule has 4 aromatic rings. The van der Waals surface area contributed by atoms with Gasteiger partial charge in [0.25, 0.3) is 5.91 Å². The summed E-state index contributed by atoms with van der Waals surface area (Å²) in [5, 5.41) is 9.44. The maximum Gasteiger partial charge on any atom is 0.254 e. The third-order valence-corrected chi connectivity index (χ3v) is 6.25. The SMILES string of the molecule is COc1ccc(-c2noc(C3CCN(C(=O)c4cc(C)nc5c4c(C)nn5C)CC3)n2)cc1. The maximum absolute atomic E-state index is 13.4. The minimum Gasteiger partial charge on any atom is -0.497 e. The highest BCUT2D eigenvalue weighted by Crippen LogP contribution is 2.31. The van der Waals surface area contributed by atoms with E-state index in [1.165, 1.54) is 0 Å². The van der Waals surface area contributed by atoms with Crippen LogP contribution in [0.25, 0.3) is 22.4 Å². The average Bonchev–Trinajstić information content (AvgIpc) is 3.43. The first-order valence-electron chi connectivity index (χ1n) is 11.0. The van der Waals surface area contributed by atoms with E-state index in [4.69, 9.17) is 9.26 Å². The molecule has 0 aliphatic carbocycles. The summed E-state index contributed by atoms with van der Waals surface area (Å²) in [4.78, 5) is 24.5. The molecule has 1 aromatic carbocycles. The molecule has 4 heterocycles. The van der Waals surface area contributed by atoms with Gasteiger partial charge in [-0.1, -0.05) is 5.16 Å².